The van der Waals surface area contributed by atoms with Crippen molar-refractivity contribution < 1.29 is 9.52 Å². The van der Waals surface area contributed by atoms with Gasteiger partial charge in [-0.1, -0.05) is 26.8 Å². The van der Waals surface area contributed by atoms with Gasteiger partial charge in [-0.25, -0.2) is 4.98 Å². The summed E-state index contributed by atoms with van der Waals surface area (Å²) < 4.78 is 5.72. The molecule has 98 valence electrons. The molecule has 0 fully saturated rings. The van der Waals surface area contributed by atoms with Gasteiger partial charge >= 0.3 is 0 Å². The van der Waals surface area contributed by atoms with E-state index in [1.807, 2.05) is 25.2 Å². The van der Waals surface area contributed by atoms with Gasteiger partial charge in [0.05, 0.1) is 6.10 Å². The number of likely N-dealkylation sites (N-methyl/N-ethyl adjacent to an activating group) is 1. The summed E-state index contributed by atoms with van der Waals surface area (Å²) in [5, 5.41) is 12.9. The summed E-state index contributed by atoms with van der Waals surface area (Å²) in [5.41, 5.74) is 2.31. The molecule has 0 radical (unpaired) electrons. The van der Waals surface area contributed by atoms with Crippen LogP contribution in [-0.2, 0) is 5.41 Å². The molecule has 0 saturated heterocycles. The minimum absolute atomic E-state index is 0.108. The molecule has 0 spiro atoms. The molecule has 0 aliphatic heterocycles. The lowest BCUT2D eigenvalue weighted by atomic mass is 9.97. The van der Waals surface area contributed by atoms with Crippen molar-refractivity contribution in [2.45, 2.75) is 32.3 Å². The Bertz CT molecular complexity index is 540. The van der Waals surface area contributed by atoms with Crippen LogP contribution in [0.3, 0.4) is 0 Å². The van der Waals surface area contributed by atoms with Crippen molar-refractivity contribution in [3.63, 3.8) is 0 Å². The summed E-state index contributed by atoms with van der Waals surface area (Å²) in [7, 11) is 1.82. The molecule has 0 bridgehead atoms. The molecule has 4 heteroatoms. The molecule has 0 amide bonds. The van der Waals surface area contributed by atoms with E-state index in [1.54, 1.807) is 0 Å². The molecule has 2 aromatic rings. The molecule has 4 nitrogen and oxygen atoms in total. The zero-order valence-electron chi connectivity index (χ0n) is 11.3. The van der Waals surface area contributed by atoms with Crippen LogP contribution in [0.4, 0.5) is 0 Å². The number of oxazole rings is 1. The van der Waals surface area contributed by atoms with Gasteiger partial charge in [-0.05, 0) is 24.7 Å². The number of hydrogen-bond acceptors (Lipinski definition) is 4. The Kier molecular flexibility index (Phi) is 3.41. The fourth-order valence-electron chi connectivity index (χ4n) is 1.78. The van der Waals surface area contributed by atoms with E-state index in [1.165, 1.54) is 0 Å². The highest BCUT2D eigenvalue weighted by Gasteiger charge is 2.21. The molecule has 0 saturated carbocycles. The molecule has 1 aromatic carbocycles. The van der Waals surface area contributed by atoms with E-state index in [2.05, 4.69) is 31.1 Å². The standard InChI is InChI=1S/C14H20N2O2/c1-14(2,3)13-16-10-7-9(11(17)8-15-4)5-6-12(10)18-13/h5-7,11,15,17H,8H2,1-4H3. The number of benzene rings is 1. The molecule has 0 aliphatic carbocycles. The van der Waals surface area contributed by atoms with Crippen LogP contribution in [0.2, 0.25) is 0 Å². The van der Waals surface area contributed by atoms with E-state index in [4.69, 9.17) is 4.42 Å². The quantitative estimate of drug-likeness (QED) is 0.875. The SMILES string of the molecule is CNCC(O)c1ccc2oc(C(C)(C)C)nc2c1. The zero-order valence-corrected chi connectivity index (χ0v) is 11.3. The average Bonchev–Trinajstić information content (AvgIpc) is 2.71. The second-order valence-corrected chi connectivity index (χ2v) is 5.57. The smallest absolute Gasteiger partial charge is 0.200 e. The number of aliphatic hydroxyl groups excluding tert-OH is 1. The van der Waals surface area contributed by atoms with Crippen LogP contribution in [-0.4, -0.2) is 23.7 Å². The minimum atomic E-state index is -0.519. The Morgan fingerprint density at radius 3 is 2.72 bits per heavy atom. The Labute approximate surface area is 107 Å². The largest absolute Gasteiger partial charge is 0.440 e. The minimum Gasteiger partial charge on any atom is -0.440 e. The van der Waals surface area contributed by atoms with Crippen LogP contribution < -0.4 is 5.32 Å². The average molecular weight is 248 g/mol. The third kappa shape index (κ3) is 2.54. The highest BCUT2D eigenvalue weighted by molar-refractivity contribution is 5.73. The molecule has 1 aromatic heterocycles. The van der Waals surface area contributed by atoms with Gasteiger partial charge in [0, 0.05) is 12.0 Å². The molecule has 1 atom stereocenters. The van der Waals surface area contributed by atoms with Crippen molar-refractivity contribution in [2.24, 2.45) is 0 Å². The summed E-state index contributed by atoms with van der Waals surface area (Å²) in [5.74, 6) is 0.720. The van der Waals surface area contributed by atoms with E-state index in [0.717, 1.165) is 22.6 Å². The second kappa shape index (κ2) is 4.71. The van der Waals surface area contributed by atoms with Gasteiger partial charge in [-0.3, -0.25) is 0 Å². The lowest BCUT2D eigenvalue weighted by Crippen LogP contribution is -2.16. The Balaban J connectivity index is 2.40. The van der Waals surface area contributed by atoms with Crippen molar-refractivity contribution in [2.75, 3.05) is 13.6 Å². The number of nitrogens with zero attached hydrogens (tertiary/aromatic N) is 1. The topological polar surface area (TPSA) is 58.3 Å². The molecule has 2 rings (SSSR count). The van der Waals surface area contributed by atoms with Gasteiger partial charge in [0.15, 0.2) is 5.58 Å². The van der Waals surface area contributed by atoms with Crippen LogP contribution in [0.5, 0.6) is 0 Å². The van der Waals surface area contributed by atoms with E-state index < -0.39 is 6.10 Å². The molecule has 1 unspecified atom stereocenters. The highest BCUT2D eigenvalue weighted by Crippen LogP contribution is 2.27. The van der Waals surface area contributed by atoms with Crippen LogP contribution in [0.15, 0.2) is 22.6 Å². The summed E-state index contributed by atoms with van der Waals surface area (Å²) in [6, 6.07) is 5.63. The van der Waals surface area contributed by atoms with Crippen LogP contribution >= 0.6 is 0 Å². The number of aliphatic hydroxyl groups is 1. The van der Waals surface area contributed by atoms with Crippen molar-refractivity contribution in [1.29, 1.82) is 0 Å². The Hall–Kier alpha value is -1.39. The maximum absolute atomic E-state index is 9.93. The maximum atomic E-state index is 9.93. The number of aromatic nitrogens is 1. The Morgan fingerprint density at radius 2 is 2.11 bits per heavy atom. The van der Waals surface area contributed by atoms with Gasteiger partial charge < -0.3 is 14.8 Å². The molecular weight excluding hydrogens is 228 g/mol. The van der Waals surface area contributed by atoms with E-state index in [9.17, 15) is 5.11 Å². The van der Waals surface area contributed by atoms with Crippen molar-refractivity contribution >= 4 is 11.1 Å². The Morgan fingerprint density at radius 1 is 1.39 bits per heavy atom. The molecule has 2 N–H and O–H groups in total. The van der Waals surface area contributed by atoms with Crippen molar-refractivity contribution in [1.82, 2.24) is 10.3 Å². The number of fused-ring (bicyclic) bond motifs is 1. The zero-order chi connectivity index (χ0) is 13.3. The van der Waals surface area contributed by atoms with Crippen molar-refractivity contribution in [3.05, 3.63) is 29.7 Å². The predicted octanol–water partition coefficient (Wildman–Crippen LogP) is 2.38. The first-order valence-corrected chi connectivity index (χ1v) is 6.15. The van der Waals surface area contributed by atoms with E-state index in [-0.39, 0.29) is 5.41 Å². The first-order valence-electron chi connectivity index (χ1n) is 6.15. The third-order valence-corrected chi connectivity index (χ3v) is 2.84. The number of hydrogen-bond donors (Lipinski definition) is 2. The van der Waals surface area contributed by atoms with Crippen LogP contribution in [0.1, 0.15) is 38.3 Å². The monoisotopic (exact) mass is 248 g/mol. The van der Waals surface area contributed by atoms with E-state index in [0.29, 0.717) is 6.54 Å². The van der Waals surface area contributed by atoms with Gasteiger partial charge in [0.1, 0.15) is 5.52 Å². The maximum Gasteiger partial charge on any atom is 0.200 e. The highest BCUT2D eigenvalue weighted by atomic mass is 16.3. The molecule has 0 aliphatic rings. The summed E-state index contributed by atoms with van der Waals surface area (Å²) >= 11 is 0. The fraction of sp³-hybridized carbons (Fsp3) is 0.500. The summed E-state index contributed by atoms with van der Waals surface area (Å²) in [4.78, 5) is 4.49. The normalized spacial score (nSPS) is 14.1. The number of nitrogens with one attached hydrogen (secondary N) is 1. The number of rotatable bonds is 3. The van der Waals surface area contributed by atoms with Crippen LogP contribution in [0.25, 0.3) is 11.1 Å². The first kappa shape index (κ1) is 13.1. The molecule has 18 heavy (non-hydrogen) atoms. The van der Waals surface area contributed by atoms with Crippen LogP contribution in [0, 0.1) is 0 Å². The lowest BCUT2D eigenvalue weighted by Gasteiger charge is -2.11. The van der Waals surface area contributed by atoms with Gasteiger partial charge in [0.2, 0.25) is 5.89 Å². The molecule has 1 heterocycles. The fourth-order valence-corrected chi connectivity index (χ4v) is 1.78. The van der Waals surface area contributed by atoms with Crippen molar-refractivity contribution in [3.8, 4) is 0 Å². The first-order chi connectivity index (χ1) is 8.41. The molecular formula is C14H20N2O2. The van der Waals surface area contributed by atoms with Gasteiger partial charge in [-0.15, -0.1) is 0 Å². The second-order valence-electron chi connectivity index (χ2n) is 5.57. The third-order valence-electron chi connectivity index (χ3n) is 2.84. The van der Waals surface area contributed by atoms with Gasteiger partial charge in [0.25, 0.3) is 0 Å². The summed E-state index contributed by atoms with van der Waals surface area (Å²) in [6.07, 6.45) is -0.519. The lowest BCUT2D eigenvalue weighted by molar-refractivity contribution is 0.178. The summed E-state index contributed by atoms with van der Waals surface area (Å²) in [6.45, 7) is 6.72. The van der Waals surface area contributed by atoms with Gasteiger partial charge in [-0.2, -0.15) is 0 Å². The van der Waals surface area contributed by atoms with E-state index >= 15 is 0 Å². The predicted molar refractivity (Wildman–Crippen MR) is 71.6 cm³/mol.